The number of methoxy groups -OCH3 is 4. The average Bonchev–Trinajstić information content (AvgIpc) is 3.03. The first-order chi connectivity index (χ1) is 20.5. The van der Waals surface area contributed by atoms with E-state index in [0.717, 1.165) is 24.0 Å². The van der Waals surface area contributed by atoms with Gasteiger partial charge in [-0.15, -0.1) is 0 Å². The summed E-state index contributed by atoms with van der Waals surface area (Å²) in [5.41, 5.74) is 1.32. The molecule has 0 aliphatic heterocycles. The lowest BCUT2D eigenvalue weighted by molar-refractivity contribution is -0.146. The van der Waals surface area contributed by atoms with Gasteiger partial charge in [0.25, 0.3) is 0 Å². The summed E-state index contributed by atoms with van der Waals surface area (Å²) in [6.07, 6.45) is 3.67. The zero-order valence-electron chi connectivity index (χ0n) is 24.3. The number of carbonyl (C=O) groups is 1. The minimum atomic E-state index is -0.698. The topological polar surface area (TPSA) is 107 Å². The highest BCUT2D eigenvalue weighted by molar-refractivity contribution is 6.18. The molecule has 0 atom stereocenters. The quantitative estimate of drug-likeness (QED) is 0.0796. The molecular formula is C32H34N2O8. The van der Waals surface area contributed by atoms with Crippen molar-refractivity contribution in [3.05, 3.63) is 78.1 Å². The van der Waals surface area contributed by atoms with Crippen molar-refractivity contribution in [3.63, 3.8) is 0 Å². The number of aromatic nitrogens is 1. The van der Waals surface area contributed by atoms with Gasteiger partial charge in [-0.2, -0.15) is 0 Å². The maximum absolute atomic E-state index is 12.7. The van der Waals surface area contributed by atoms with Crippen molar-refractivity contribution in [1.82, 2.24) is 4.98 Å². The number of hydrogen-bond donors (Lipinski definition) is 0. The molecule has 3 aromatic carbocycles. The van der Waals surface area contributed by atoms with E-state index >= 15 is 0 Å². The second-order valence-electron chi connectivity index (χ2n) is 9.02. The van der Waals surface area contributed by atoms with E-state index in [-0.39, 0.29) is 12.3 Å². The van der Waals surface area contributed by atoms with E-state index in [2.05, 4.69) is 17.1 Å². The summed E-state index contributed by atoms with van der Waals surface area (Å²) in [7, 11) is 6.21. The highest BCUT2D eigenvalue weighted by Crippen LogP contribution is 2.35. The van der Waals surface area contributed by atoms with Crippen LogP contribution in [-0.2, 0) is 9.63 Å². The molecule has 0 unspecified atom stereocenters. The number of pyridine rings is 1. The molecule has 0 spiro atoms. The summed E-state index contributed by atoms with van der Waals surface area (Å²) in [5.74, 6) is 2.61. The van der Waals surface area contributed by atoms with Gasteiger partial charge in [0.05, 0.1) is 35.0 Å². The van der Waals surface area contributed by atoms with Gasteiger partial charge in [-0.1, -0.05) is 18.5 Å². The molecule has 1 aromatic heterocycles. The monoisotopic (exact) mass is 574 g/mol. The van der Waals surface area contributed by atoms with Gasteiger partial charge in [0.15, 0.2) is 29.6 Å². The predicted molar refractivity (Wildman–Crippen MR) is 158 cm³/mol. The molecule has 0 fully saturated rings. The van der Waals surface area contributed by atoms with Crippen LogP contribution in [0.2, 0.25) is 0 Å². The first-order valence-corrected chi connectivity index (χ1v) is 13.4. The number of nitrogens with zero attached hydrogens (tertiary/aromatic N) is 2. The molecule has 0 amide bonds. The standard InChI is InChI=1S/C32H34N2O8/c1-6-7-16-40-23-9-11-24(12-10-23)41-20-30(35)42-34-31(22-8-13-26(36-2)27(18-22)37-3)32-25-19-29(39-5)28(38-4)17-21(25)14-15-33-32/h8-15,17-19H,6-7,16,20H2,1-5H3/b34-31-. The van der Waals surface area contributed by atoms with Crippen molar-refractivity contribution in [3.8, 4) is 34.5 Å². The van der Waals surface area contributed by atoms with Gasteiger partial charge in [0, 0.05) is 17.1 Å². The van der Waals surface area contributed by atoms with Gasteiger partial charge in [0.1, 0.15) is 22.9 Å². The van der Waals surface area contributed by atoms with Crippen LogP contribution >= 0.6 is 0 Å². The minimum Gasteiger partial charge on any atom is -0.494 e. The van der Waals surface area contributed by atoms with Gasteiger partial charge in [-0.25, -0.2) is 4.79 Å². The molecule has 10 nitrogen and oxygen atoms in total. The zero-order valence-corrected chi connectivity index (χ0v) is 24.3. The predicted octanol–water partition coefficient (Wildman–Crippen LogP) is 5.82. The van der Waals surface area contributed by atoms with E-state index in [0.29, 0.717) is 52.0 Å². The largest absolute Gasteiger partial charge is 0.494 e. The van der Waals surface area contributed by atoms with Gasteiger partial charge in [-0.05, 0) is 72.5 Å². The maximum Gasteiger partial charge on any atom is 0.372 e. The SMILES string of the molecule is CCCCOc1ccc(OCC(=O)O/N=C(/c2ccc(OC)c(OC)c2)c2nccc3cc(OC)c(OC)cc23)cc1. The van der Waals surface area contributed by atoms with Crippen molar-refractivity contribution in [2.75, 3.05) is 41.7 Å². The molecule has 0 aliphatic carbocycles. The number of hydrogen-bond acceptors (Lipinski definition) is 10. The Labute approximate surface area is 244 Å². The van der Waals surface area contributed by atoms with Crippen LogP contribution in [0.15, 0.2) is 72.0 Å². The lowest BCUT2D eigenvalue weighted by atomic mass is 10.0. The van der Waals surface area contributed by atoms with Gasteiger partial charge in [0.2, 0.25) is 0 Å². The zero-order chi connectivity index (χ0) is 29.9. The van der Waals surface area contributed by atoms with Gasteiger partial charge >= 0.3 is 5.97 Å². The number of unbranched alkanes of at least 4 members (excludes halogenated alkanes) is 1. The second kappa shape index (κ2) is 14.6. The number of ether oxygens (including phenoxy) is 6. The van der Waals surface area contributed by atoms with E-state index < -0.39 is 5.97 Å². The first-order valence-electron chi connectivity index (χ1n) is 13.4. The number of benzene rings is 3. The number of oxime groups is 1. The lowest BCUT2D eigenvalue weighted by Gasteiger charge is -2.14. The number of fused-ring (bicyclic) bond motifs is 1. The van der Waals surface area contributed by atoms with E-state index in [1.54, 1.807) is 76.1 Å². The Morgan fingerprint density at radius 2 is 1.40 bits per heavy atom. The first kappa shape index (κ1) is 30.0. The smallest absolute Gasteiger partial charge is 0.372 e. The van der Waals surface area contributed by atoms with Crippen LogP contribution in [0.4, 0.5) is 0 Å². The number of rotatable bonds is 14. The summed E-state index contributed by atoms with van der Waals surface area (Å²) in [6.45, 7) is 2.40. The Morgan fingerprint density at radius 1 is 0.762 bits per heavy atom. The summed E-state index contributed by atoms with van der Waals surface area (Å²) in [4.78, 5) is 22.6. The summed E-state index contributed by atoms with van der Waals surface area (Å²) in [5, 5.41) is 5.78. The van der Waals surface area contributed by atoms with Crippen LogP contribution in [0.5, 0.6) is 34.5 Å². The second-order valence-corrected chi connectivity index (χ2v) is 9.02. The molecule has 4 rings (SSSR count). The van der Waals surface area contributed by atoms with Crippen LogP contribution in [-0.4, -0.2) is 58.3 Å². The third kappa shape index (κ3) is 7.20. The molecule has 1 heterocycles. The van der Waals surface area contributed by atoms with Crippen molar-refractivity contribution in [2.45, 2.75) is 19.8 Å². The normalized spacial score (nSPS) is 11.1. The molecule has 10 heteroatoms. The summed E-state index contributed by atoms with van der Waals surface area (Å²) < 4.78 is 33.1. The maximum atomic E-state index is 12.7. The Bertz CT molecular complexity index is 1540. The van der Waals surface area contributed by atoms with Crippen LogP contribution in [0.25, 0.3) is 10.8 Å². The van der Waals surface area contributed by atoms with Crippen LogP contribution in [0.3, 0.4) is 0 Å². The average molecular weight is 575 g/mol. The molecule has 0 saturated heterocycles. The fourth-order valence-corrected chi connectivity index (χ4v) is 4.14. The fourth-order valence-electron chi connectivity index (χ4n) is 4.14. The Balaban J connectivity index is 1.63. The van der Waals surface area contributed by atoms with E-state index in [1.165, 1.54) is 7.11 Å². The Morgan fingerprint density at radius 3 is 2.07 bits per heavy atom. The third-order valence-corrected chi connectivity index (χ3v) is 6.34. The number of carbonyl (C=O) groups excluding carboxylic acids is 1. The van der Waals surface area contributed by atoms with Crippen LogP contribution < -0.4 is 28.4 Å². The summed E-state index contributed by atoms with van der Waals surface area (Å²) >= 11 is 0. The molecule has 220 valence electrons. The molecule has 0 aliphatic rings. The Kier molecular flexibility index (Phi) is 10.4. The van der Waals surface area contributed by atoms with Crippen molar-refractivity contribution in [1.29, 1.82) is 0 Å². The molecule has 42 heavy (non-hydrogen) atoms. The molecule has 0 bridgehead atoms. The molecule has 0 radical (unpaired) electrons. The van der Waals surface area contributed by atoms with Gasteiger partial charge < -0.3 is 33.3 Å². The third-order valence-electron chi connectivity index (χ3n) is 6.34. The summed E-state index contributed by atoms with van der Waals surface area (Å²) in [6, 6.07) is 17.8. The molecule has 0 saturated carbocycles. The van der Waals surface area contributed by atoms with E-state index in [9.17, 15) is 4.79 Å². The lowest BCUT2D eigenvalue weighted by Crippen LogP contribution is -2.15. The minimum absolute atomic E-state index is 0.288. The Hall–Kier alpha value is -4.99. The fraction of sp³-hybridized carbons (Fsp3) is 0.281. The van der Waals surface area contributed by atoms with Crippen molar-refractivity contribution >= 4 is 22.5 Å². The van der Waals surface area contributed by atoms with E-state index in [4.69, 9.17) is 33.3 Å². The van der Waals surface area contributed by atoms with Crippen molar-refractivity contribution < 1.29 is 38.1 Å². The van der Waals surface area contributed by atoms with Crippen molar-refractivity contribution in [2.24, 2.45) is 5.16 Å². The highest BCUT2D eigenvalue weighted by Gasteiger charge is 2.19. The van der Waals surface area contributed by atoms with E-state index in [1.807, 2.05) is 12.1 Å². The van der Waals surface area contributed by atoms with Crippen LogP contribution in [0.1, 0.15) is 31.0 Å². The molecule has 0 N–H and O–H groups in total. The van der Waals surface area contributed by atoms with Gasteiger partial charge in [-0.3, -0.25) is 4.98 Å². The van der Waals surface area contributed by atoms with Crippen LogP contribution in [0, 0.1) is 0 Å². The molecule has 4 aromatic rings. The molecular weight excluding hydrogens is 540 g/mol. The highest BCUT2D eigenvalue weighted by atomic mass is 16.7.